The van der Waals surface area contributed by atoms with Gasteiger partial charge in [0.15, 0.2) is 0 Å². The molecule has 0 bridgehead atoms. The van der Waals surface area contributed by atoms with E-state index in [4.69, 9.17) is 5.73 Å². The zero-order valence-corrected chi connectivity index (χ0v) is 14.3. The van der Waals surface area contributed by atoms with Gasteiger partial charge in [0.25, 0.3) is 0 Å². The summed E-state index contributed by atoms with van der Waals surface area (Å²) < 4.78 is 0. The van der Waals surface area contributed by atoms with Crippen LogP contribution in [0.1, 0.15) is 29.1 Å². The van der Waals surface area contributed by atoms with Crippen molar-refractivity contribution in [1.82, 2.24) is 10.3 Å². The molecule has 22 heavy (non-hydrogen) atoms. The third kappa shape index (κ3) is 3.74. The number of nitrogens with two attached hydrogens (primary N) is 1. The lowest BCUT2D eigenvalue weighted by Gasteiger charge is -2.10. The van der Waals surface area contributed by atoms with Crippen LogP contribution in [0, 0.1) is 12.8 Å². The maximum absolute atomic E-state index is 12.0. The number of thiophene rings is 1. The minimum Gasteiger partial charge on any atom is -0.356 e. The Hall–Kier alpha value is -1.24. The summed E-state index contributed by atoms with van der Waals surface area (Å²) in [5.41, 5.74) is 6.92. The van der Waals surface area contributed by atoms with Crippen LogP contribution >= 0.6 is 22.7 Å². The number of amides is 1. The molecule has 118 valence electrons. The van der Waals surface area contributed by atoms with Gasteiger partial charge in [-0.3, -0.25) is 4.79 Å². The Morgan fingerprint density at radius 3 is 3.00 bits per heavy atom. The van der Waals surface area contributed by atoms with Crippen LogP contribution in [0.5, 0.6) is 0 Å². The number of aryl methyl sites for hydroxylation is 1. The largest absolute Gasteiger partial charge is 0.356 e. The van der Waals surface area contributed by atoms with Gasteiger partial charge in [0.1, 0.15) is 0 Å². The molecule has 6 heteroatoms. The Labute approximate surface area is 138 Å². The molecule has 2 aromatic heterocycles. The first-order chi connectivity index (χ1) is 10.6. The number of thiazole rings is 1. The van der Waals surface area contributed by atoms with Gasteiger partial charge in [-0.25, -0.2) is 4.98 Å². The molecule has 1 saturated carbocycles. The zero-order chi connectivity index (χ0) is 15.5. The number of hydrogen-bond donors (Lipinski definition) is 2. The normalized spacial score (nSPS) is 21.2. The SMILES string of the molecule is Cc1nc(-c2ccc(CCNC(=O)C3CCC(N)C3)s2)cs1. The summed E-state index contributed by atoms with van der Waals surface area (Å²) in [6.07, 6.45) is 3.61. The lowest BCUT2D eigenvalue weighted by molar-refractivity contribution is -0.124. The highest BCUT2D eigenvalue weighted by atomic mass is 32.1. The smallest absolute Gasteiger partial charge is 0.223 e. The fraction of sp³-hybridized carbons (Fsp3) is 0.500. The van der Waals surface area contributed by atoms with Gasteiger partial charge in [0, 0.05) is 28.8 Å². The van der Waals surface area contributed by atoms with Crippen LogP contribution in [-0.4, -0.2) is 23.5 Å². The van der Waals surface area contributed by atoms with Crippen molar-refractivity contribution in [3.63, 3.8) is 0 Å². The van der Waals surface area contributed by atoms with Gasteiger partial charge in [-0.1, -0.05) is 0 Å². The van der Waals surface area contributed by atoms with Crippen molar-refractivity contribution in [2.75, 3.05) is 6.54 Å². The first kappa shape index (κ1) is 15.6. The predicted octanol–water partition coefficient (Wildman–Crippen LogP) is 2.97. The van der Waals surface area contributed by atoms with Crippen molar-refractivity contribution in [2.24, 2.45) is 11.7 Å². The molecule has 2 aromatic rings. The second kappa shape index (κ2) is 6.89. The lowest BCUT2D eigenvalue weighted by Crippen LogP contribution is -2.31. The van der Waals surface area contributed by atoms with Crippen LogP contribution in [0.25, 0.3) is 10.6 Å². The molecule has 1 aliphatic rings. The van der Waals surface area contributed by atoms with Crippen molar-refractivity contribution in [1.29, 1.82) is 0 Å². The van der Waals surface area contributed by atoms with E-state index >= 15 is 0 Å². The summed E-state index contributed by atoms with van der Waals surface area (Å²) in [4.78, 5) is 19.0. The Morgan fingerprint density at radius 1 is 1.45 bits per heavy atom. The monoisotopic (exact) mass is 335 g/mol. The zero-order valence-electron chi connectivity index (χ0n) is 12.7. The lowest BCUT2D eigenvalue weighted by atomic mass is 10.1. The summed E-state index contributed by atoms with van der Waals surface area (Å²) in [6, 6.07) is 4.45. The minimum atomic E-state index is 0.117. The summed E-state index contributed by atoms with van der Waals surface area (Å²) in [5.74, 6) is 0.284. The fourth-order valence-electron chi connectivity index (χ4n) is 2.83. The van der Waals surface area contributed by atoms with Gasteiger partial charge in [-0.15, -0.1) is 22.7 Å². The first-order valence-electron chi connectivity index (χ1n) is 7.66. The van der Waals surface area contributed by atoms with Gasteiger partial charge in [0.2, 0.25) is 5.91 Å². The molecule has 2 atom stereocenters. The molecule has 3 N–H and O–H groups in total. The highest BCUT2D eigenvalue weighted by Gasteiger charge is 2.27. The molecule has 0 radical (unpaired) electrons. The number of nitrogens with zero attached hydrogens (tertiary/aromatic N) is 1. The minimum absolute atomic E-state index is 0.117. The van der Waals surface area contributed by atoms with Gasteiger partial charge < -0.3 is 11.1 Å². The van der Waals surface area contributed by atoms with E-state index in [-0.39, 0.29) is 17.9 Å². The van der Waals surface area contributed by atoms with Crippen LogP contribution in [0.3, 0.4) is 0 Å². The second-order valence-corrected chi connectivity index (χ2v) is 8.06. The molecule has 1 amide bonds. The van der Waals surface area contributed by atoms with Crippen LogP contribution in [0.15, 0.2) is 17.5 Å². The van der Waals surface area contributed by atoms with Gasteiger partial charge >= 0.3 is 0 Å². The average molecular weight is 335 g/mol. The van der Waals surface area contributed by atoms with Crippen LogP contribution in [-0.2, 0) is 11.2 Å². The molecule has 1 fully saturated rings. The number of rotatable bonds is 5. The first-order valence-corrected chi connectivity index (χ1v) is 9.36. The third-order valence-electron chi connectivity index (χ3n) is 4.05. The molecule has 0 saturated heterocycles. The molecule has 2 unspecified atom stereocenters. The van der Waals surface area contributed by atoms with Crippen molar-refractivity contribution < 1.29 is 4.79 Å². The van der Waals surface area contributed by atoms with Gasteiger partial charge in [-0.2, -0.15) is 0 Å². The average Bonchev–Trinajstić information content (AvgIpc) is 3.19. The molecular weight excluding hydrogens is 314 g/mol. The number of nitrogens with one attached hydrogen (secondary N) is 1. The summed E-state index contributed by atoms with van der Waals surface area (Å²) >= 11 is 3.43. The molecule has 1 aliphatic carbocycles. The van der Waals surface area contributed by atoms with E-state index in [0.717, 1.165) is 36.4 Å². The molecule has 4 nitrogen and oxygen atoms in total. The topological polar surface area (TPSA) is 68.0 Å². The molecule has 2 heterocycles. The van der Waals surface area contributed by atoms with Gasteiger partial charge in [0.05, 0.1) is 15.6 Å². The van der Waals surface area contributed by atoms with Crippen LogP contribution < -0.4 is 11.1 Å². The van der Waals surface area contributed by atoms with E-state index in [0.29, 0.717) is 6.54 Å². The molecular formula is C16H21N3OS2. The molecule has 3 rings (SSSR count). The molecule has 0 aliphatic heterocycles. The maximum Gasteiger partial charge on any atom is 0.223 e. The highest BCUT2D eigenvalue weighted by molar-refractivity contribution is 7.16. The Bertz CT molecular complexity index is 649. The Balaban J connectivity index is 1.48. The maximum atomic E-state index is 12.0. The van der Waals surface area contributed by atoms with Crippen LogP contribution in [0.2, 0.25) is 0 Å². The van der Waals surface area contributed by atoms with Crippen molar-refractivity contribution in [3.05, 3.63) is 27.4 Å². The summed E-state index contributed by atoms with van der Waals surface area (Å²) in [6.45, 7) is 2.72. The molecule has 0 spiro atoms. The Morgan fingerprint density at radius 2 is 2.32 bits per heavy atom. The van der Waals surface area contributed by atoms with Crippen molar-refractivity contribution >= 4 is 28.6 Å². The van der Waals surface area contributed by atoms with E-state index in [1.165, 1.54) is 9.75 Å². The standard InChI is InChI=1S/C16H21N3OS2/c1-10-19-14(9-21-10)15-5-4-13(22-15)6-7-18-16(20)11-2-3-12(17)8-11/h4-5,9,11-12H,2-3,6-8,17H2,1H3,(H,18,20). The highest BCUT2D eigenvalue weighted by Crippen LogP contribution is 2.29. The quantitative estimate of drug-likeness (QED) is 0.883. The summed E-state index contributed by atoms with van der Waals surface area (Å²) in [7, 11) is 0. The number of aromatic nitrogens is 1. The van der Waals surface area contributed by atoms with Crippen molar-refractivity contribution in [2.45, 2.75) is 38.6 Å². The van der Waals surface area contributed by atoms with Crippen LogP contribution in [0.4, 0.5) is 0 Å². The summed E-state index contributed by atoms with van der Waals surface area (Å²) in [5, 5.41) is 6.23. The van der Waals surface area contributed by atoms with Gasteiger partial charge in [-0.05, 0) is 44.7 Å². The van der Waals surface area contributed by atoms with E-state index in [1.807, 2.05) is 6.92 Å². The number of carbonyl (C=O) groups is 1. The van der Waals surface area contributed by atoms with Crippen molar-refractivity contribution in [3.8, 4) is 10.6 Å². The second-order valence-electron chi connectivity index (χ2n) is 5.83. The number of carbonyl (C=O) groups excluding carboxylic acids is 1. The van der Waals surface area contributed by atoms with E-state index in [1.54, 1.807) is 22.7 Å². The third-order valence-corrected chi connectivity index (χ3v) is 5.99. The van der Waals surface area contributed by atoms with E-state index < -0.39 is 0 Å². The van der Waals surface area contributed by atoms with E-state index in [2.05, 4.69) is 27.8 Å². The Kier molecular flexibility index (Phi) is 4.90. The fourth-order valence-corrected chi connectivity index (χ4v) is 4.49. The predicted molar refractivity (Wildman–Crippen MR) is 92.2 cm³/mol. The molecule has 0 aromatic carbocycles. The van der Waals surface area contributed by atoms with E-state index in [9.17, 15) is 4.79 Å². The number of hydrogen-bond acceptors (Lipinski definition) is 5.